The number of amides is 2. The van der Waals surface area contributed by atoms with Crippen molar-refractivity contribution in [2.75, 3.05) is 17.7 Å². The van der Waals surface area contributed by atoms with Gasteiger partial charge in [0.2, 0.25) is 5.91 Å². The summed E-state index contributed by atoms with van der Waals surface area (Å²) < 4.78 is 8.17. The second-order valence-corrected chi connectivity index (χ2v) is 6.35. The maximum Gasteiger partial charge on any atom is 0.276 e. The van der Waals surface area contributed by atoms with E-state index in [0.717, 1.165) is 17.0 Å². The van der Waals surface area contributed by atoms with Crippen LogP contribution in [0.4, 0.5) is 11.4 Å². The summed E-state index contributed by atoms with van der Waals surface area (Å²) in [7, 11) is 5.01. The summed E-state index contributed by atoms with van der Waals surface area (Å²) in [5.41, 5.74) is 2.80. The van der Waals surface area contributed by atoms with Crippen LogP contribution < -0.4 is 15.4 Å². The minimum Gasteiger partial charge on any atom is -0.497 e. The van der Waals surface area contributed by atoms with Gasteiger partial charge in [0.25, 0.3) is 5.91 Å². The molecule has 9 nitrogen and oxygen atoms in total. The van der Waals surface area contributed by atoms with Crippen molar-refractivity contribution >= 4 is 29.3 Å². The normalized spacial score (nSPS) is 10.9. The Labute approximate surface area is 168 Å². The van der Waals surface area contributed by atoms with Gasteiger partial charge in [-0.3, -0.25) is 19.0 Å². The van der Waals surface area contributed by atoms with Crippen molar-refractivity contribution in [2.45, 2.75) is 6.92 Å². The molecule has 0 aliphatic rings. The zero-order chi connectivity index (χ0) is 21.0. The average molecular weight is 394 g/mol. The summed E-state index contributed by atoms with van der Waals surface area (Å²) in [6, 6.07) is 7.28. The van der Waals surface area contributed by atoms with E-state index >= 15 is 0 Å². The number of nitrogens with one attached hydrogen (secondary N) is 2. The number of rotatable bonds is 6. The topological polar surface area (TPSA) is 103 Å². The molecule has 0 aliphatic heterocycles. The number of methoxy groups -OCH3 is 1. The maximum absolute atomic E-state index is 12.7. The summed E-state index contributed by atoms with van der Waals surface area (Å²) >= 11 is 0. The van der Waals surface area contributed by atoms with Gasteiger partial charge < -0.3 is 15.4 Å². The molecule has 9 heteroatoms. The van der Waals surface area contributed by atoms with Crippen LogP contribution >= 0.6 is 0 Å². The zero-order valence-corrected chi connectivity index (χ0v) is 16.6. The third-order valence-corrected chi connectivity index (χ3v) is 4.44. The molecule has 150 valence electrons. The number of carbonyl (C=O) groups excluding carboxylic acids is 2. The molecular weight excluding hydrogens is 372 g/mol. The van der Waals surface area contributed by atoms with E-state index in [1.165, 1.54) is 17.0 Å². The van der Waals surface area contributed by atoms with Gasteiger partial charge in [-0.15, -0.1) is 0 Å². The molecule has 0 saturated heterocycles. The Kier molecular flexibility index (Phi) is 5.77. The average Bonchev–Trinajstić information content (AvgIpc) is 3.23. The fourth-order valence-electron chi connectivity index (χ4n) is 2.66. The van der Waals surface area contributed by atoms with Gasteiger partial charge in [-0.25, -0.2) is 0 Å². The number of ether oxygens (including phenoxy) is 1. The number of aromatic nitrogens is 4. The predicted octanol–water partition coefficient (Wildman–Crippen LogP) is 2.37. The number of hydrogen-bond acceptors (Lipinski definition) is 5. The van der Waals surface area contributed by atoms with Gasteiger partial charge in [-0.2, -0.15) is 10.2 Å². The third kappa shape index (κ3) is 4.52. The number of benzene rings is 1. The molecular formula is C20H22N6O3. The fourth-order valence-corrected chi connectivity index (χ4v) is 2.66. The van der Waals surface area contributed by atoms with E-state index in [1.54, 1.807) is 38.2 Å². The number of carbonyl (C=O) groups is 2. The number of nitrogens with zero attached hydrogens (tertiary/aromatic N) is 4. The van der Waals surface area contributed by atoms with Crippen molar-refractivity contribution in [3.63, 3.8) is 0 Å². The van der Waals surface area contributed by atoms with Gasteiger partial charge >= 0.3 is 0 Å². The van der Waals surface area contributed by atoms with Crippen LogP contribution in [-0.2, 0) is 18.9 Å². The van der Waals surface area contributed by atoms with Gasteiger partial charge in [0.1, 0.15) is 11.4 Å². The Morgan fingerprint density at radius 3 is 2.28 bits per heavy atom. The molecule has 3 aromatic rings. The van der Waals surface area contributed by atoms with Crippen LogP contribution in [0.15, 0.2) is 42.7 Å². The first-order valence-corrected chi connectivity index (χ1v) is 8.84. The van der Waals surface area contributed by atoms with Crippen LogP contribution in [0.2, 0.25) is 0 Å². The molecule has 3 rings (SSSR count). The molecule has 2 N–H and O–H groups in total. The smallest absolute Gasteiger partial charge is 0.276 e. The lowest BCUT2D eigenvalue weighted by Gasteiger charge is -2.08. The zero-order valence-electron chi connectivity index (χ0n) is 16.6. The Morgan fingerprint density at radius 1 is 1.00 bits per heavy atom. The molecule has 2 heterocycles. The highest BCUT2D eigenvalue weighted by Gasteiger charge is 2.19. The van der Waals surface area contributed by atoms with Crippen molar-refractivity contribution in [3.05, 3.63) is 59.7 Å². The summed E-state index contributed by atoms with van der Waals surface area (Å²) in [5, 5.41) is 13.7. The van der Waals surface area contributed by atoms with Crippen LogP contribution in [0.3, 0.4) is 0 Å². The van der Waals surface area contributed by atoms with Gasteiger partial charge in [0.05, 0.1) is 36.6 Å². The Hall–Kier alpha value is -3.88. The Morgan fingerprint density at radius 2 is 1.66 bits per heavy atom. The second kappa shape index (κ2) is 8.42. The molecule has 0 atom stereocenters. The van der Waals surface area contributed by atoms with Crippen molar-refractivity contribution in [1.29, 1.82) is 0 Å². The molecule has 0 spiro atoms. The standard InChI is InChI=1S/C20H22N6O3/c1-13-16(11-21-25(13)2)24-20(28)19-17(12-22-26(19)3)23-18(27)10-7-14-5-8-15(29-4)9-6-14/h5-12H,1-4H3,(H,23,27)(H,24,28)/b10-7+. The van der Waals surface area contributed by atoms with E-state index in [2.05, 4.69) is 20.8 Å². The summed E-state index contributed by atoms with van der Waals surface area (Å²) in [5.74, 6) is -0.0302. The first-order valence-electron chi connectivity index (χ1n) is 8.84. The highest BCUT2D eigenvalue weighted by atomic mass is 16.5. The number of hydrogen-bond donors (Lipinski definition) is 2. The second-order valence-electron chi connectivity index (χ2n) is 6.35. The SMILES string of the molecule is COc1ccc(/C=C/C(=O)Nc2cnn(C)c2C(=O)Nc2cnn(C)c2C)cc1. The van der Waals surface area contributed by atoms with Gasteiger partial charge in [0, 0.05) is 20.2 Å². The highest BCUT2D eigenvalue weighted by Crippen LogP contribution is 2.19. The lowest BCUT2D eigenvalue weighted by Crippen LogP contribution is -2.19. The van der Waals surface area contributed by atoms with E-state index < -0.39 is 5.91 Å². The largest absolute Gasteiger partial charge is 0.497 e. The fraction of sp³-hybridized carbons (Fsp3) is 0.200. The van der Waals surface area contributed by atoms with E-state index in [-0.39, 0.29) is 11.6 Å². The minimum absolute atomic E-state index is 0.236. The van der Waals surface area contributed by atoms with Crippen LogP contribution in [-0.4, -0.2) is 38.5 Å². The monoisotopic (exact) mass is 394 g/mol. The molecule has 0 fully saturated rings. The molecule has 1 aromatic carbocycles. The number of anilines is 2. The van der Waals surface area contributed by atoms with Crippen molar-refractivity contribution in [1.82, 2.24) is 19.6 Å². The molecule has 29 heavy (non-hydrogen) atoms. The Balaban J connectivity index is 1.71. The van der Waals surface area contributed by atoms with E-state index in [0.29, 0.717) is 11.4 Å². The van der Waals surface area contributed by atoms with Crippen LogP contribution in [0.25, 0.3) is 6.08 Å². The van der Waals surface area contributed by atoms with Gasteiger partial charge in [-0.1, -0.05) is 12.1 Å². The van der Waals surface area contributed by atoms with E-state index in [1.807, 2.05) is 31.2 Å². The molecule has 0 unspecified atom stereocenters. The summed E-state index contributed by atoms with van der Waals surface area (Å²) in [6.07, 6.45) is 6.06. The summed E-state index contributed by atoms with van der Waals surface area (Å²) in [4.78, 5) is 25.0. The van der Waals surface area contributed by atoms with Crippen LogP contribution in [0, 0.1) is 6.92 Å². The molecule has 2 amide bonds. The summed E-state index contributed by atoms with van der Waals surface area (Å²) in [6.45, 7) is 1.85. The third-order valence-electron chi connectivity index (χ3n) is 4.44. The Bertz CT molecular complexity index is 1060. The van der Waals surface area contributed by atoms with Gasteiger partial charge in [-0.05, 0) is 30.7 Å². The molecule has 2 aromatic heterocycles. The first kappa shape index (κ1) is 19.9. The number of aryl methyl sites for hydroxylation is 2. The van der Waals surface area contributed by atoms with E-state index in [4.69, 9.17) is 4.74 Å². The van der Waals surface area contributed by atoms with Crippen LogP contribution in [0.1, 0.15) is 21.7 Å². The van der Waals surface area contributed by atoms with Crippen molar-refractivity contribution < 1.29 is 14.3 Å². The molecule has 0 bridgehead atoms. The quantitative estimate of drug-likeness (QED) is 0.625. The van der Waals surface area contributed by atoms with Crippen molar-refractivity contribution in [2.24, 2.45) is 14.1 Å². The first-order chi connectivity index (χ1) is 13.9. The predicted molar refractivity (Wildman–Crippen MR) is 110 cm³/mol. The van der Waals surface area contributed by atoms with Crippen molar-refractivity contribution in [3.8, 4) is 5.75 Å². The lowest BCUT2D eigenvalue weighted by atomic mass is 10.2. The maximum atomic E-state index is 12.7. The van der Waals surface area contributed by atoms with Gasteiger partial charge in [0.15, 0.2) is 0 Å². The molecule has 0 aliphatic carbocycles. The van der Waals surface area contributed by atoms with E-state index in [9.17, 15) is 9.59 Å². The molecule has 0 saturated carbocycles. The van der Waals surface area contributed by atoms with Crippen LogP contribution in [0.5, 0.6) is 5.75 Å². The minimum atomic E-state index is -0.393. The highest BCUT2D eigenvalue weighted by molar-refractivity contribution is 6.10. The molecule has 0 radical (unpaired) electrons. The lowest BCUT2D eigenvalue weighted by molar-refractivity contribution is -0.111.